The van der Waals surface area contributed by atoms with Gasteiger partial charge in [0, 0.05) is 19.2 Å². The van der Waals surface area contributed by atoms with Gasteiger partial charge in [-0.1, -0.05) is 18.2 Å². The molecule has 17 heavy (non-hydrogen) atoms. The van der Waals surface area contributed by atoms with Crippen LogP contribution < -0.4 is 5.73 Å². The van der Waals surface area contributed by atoms with Gasteiger partial charge in [-0.2, -0.15) is 0 Å². The van der Waals surface area contributed by atoms with E-state index in [0.717, 1.165) is 12.1 Å². The van der Waals surface area contributed by atoms with E-state index >= 15 is 0 Å². The quantitative estimate of drug-likeness (QED) is 0.860. The minimum Gasteiger partial charge on any atom is -0.369 e. The van der Waals surface area contributed by atoms with Crippen LogP contribution in [0.5, 0.6) is 0 Å². The number of aryl methyl sites for hydroxylation is 3. The Bertz CT molecular complexity index is 553. The lowest BCUT2D eigenvalue weighted by Crippen LogP contribution is -2.02. The van der Waals surface area contributed by atoms with Gasteiger partial charge in [0.1, 0.15) is 0 Å². The smallest absolute Gasteiger partial charge is 0.200 e. The molecule has 0 spiro atoms. The summed E-state index contributed by atoms with van der Waals surface area (Å²) in [7, 11) is 1.96. The van der Waals surface area contributed by atoms with Crippen LogP contribution in [-0.2, 0) is 13.5 Å². The maximum atomic E-state index is 5.80. The fourth-order valence-electron chi connectivity index (χ4n) is 2.05. The van der Waals surface area contributed by atoms with E-state index in [1.165, 1.54) is 22.4 Å². The summed E-state index contributed by atoms with van der Waals surface area (Å²) in [5, 5.41) is 0. The molecule has 0 amide bonds. The minimum absolute atomic E-state index is 0.585. The van der Waals surface area contributed by atoms with Gasteiger partial charge in [0.2, 0.25) is 0 Å². The number of imidazole rings is 1. The predicted octanol–water partition coefficient (Wildman–Crippen LogP) is 2.52. The highest BCUT2D eigenvalue weighted by molar-refractivity contribution is 5.35. The van der Waals surface area contributed by atoms with Crippen molar-refractivity contribution in [3.8, 4) is 0 Å². The van der Waals surface area contributed by atoms with Gasteiger partial charge >= 0.3 is 0 Å². The average molecular weight is 229 g/mol. The van der Waals surface area contributed by atoms with Crippen LogP contribution in [0.15, 0.2) is 18.2 Å². The molecule has 0 fully saturated rings. The Labute approximate surface area is 102 Å². The van der Waals surface area contributed by atoms with E-state index in [2.05, 4.69) is 37.0 Å². The molecule has 2 N–H and O–H groups in total. The van der Waals surface area contributed by atoms with Crippen LogP contribution in [0.2, 0.25) is 0 Å². The molecular weight excluding hydrogens is 210 g/mol. The third-order valence-electron chi connectivity index (χ3n) is 3.39. The highest BCUT2D eigenvalue weighted by atomic mass is 15.1. The van der Waals surface area contributed by atoms with Gasteiger partial charge in [0.05, 0.1) is 5.69 Å². The number of nitrogen functional groups attached to an aromatic ring is 1. The third-order valence-corrected chi connectivity index (χ3v) is 3.39. The van der Waals surface area contributed by atoms with E-state index in [-0.39, 0.29) is 0 Å². The predicted molar refractivity (Wildman–Crippen MR) is 71.1 cm³/mol. The summed E-state index contributed by atoms with van der Waals surface area (Å²) < 4.78 is 1.96. The lowest BCUT2D eigenvalue weighted by atomic mass is 10.0. The van der Waals surface area contributed by atoms with Crippen LogP contribution in [0.25, 0.3) is 0 Å². The van der Waals surface area contributed by atoms with Crippen LogP contribution in [0.4, 0.5) is 5.95 Å². The van der Waals surface area contributed by atoms with Gasteiger partial charge in [-0.25, -0.2) is 4.98 Å². The van der Waals surface area contributed by atoms with Gasteiger partial charge in [0.25, 0.3) is 0 Å². The first kappa shape index (κ1) is 11.7. The zero-order chi connectivity index (χ0) is 12.6. The van der Waals surface area contributed by atoms with Crippen LogP contribution in [0.3, 0.4) is 0 Å². The van der Waals surface area contributed by atoms with E-state index in [9.17, 15) is 0 Å². The molecule has 0 saturated heterocycles. The number of nitrogens with two attached hydrogens (primary N) is 1. The molecule has 0 unspecified atom stereocenters. The second-order valence-electron chi connectivity index (χ2n) is 4.66. The molecule has 90 valence electrons. The Balaban J connectivity index is 2.34. The number of hydrogen-bond donors (Lipinski definition) is 1. The van der Waals surface area contributed by atoms with Crippen molar-refractivity contribution in [1.82, 2.24) is 9.55 Å². The van der Waals surface area contributed by atoms with E-state index in [1.54, 1.807) is 0 Å². The maximum Gasteiger partial charge on any atom is 0.200 e. The van der Waals surface area contributed by atoms with Crippen molar-refractivity contribution in [2.45, 2.75) is 27.2 Å². The summed E-state index contributed by atoms with van der Waals surface area (Å²) in [4.78, 5) is 4.29. The number of aromatic nitrogens is 2. The SMILES string of the molecule is Cc1ccc(Cc2c(C)nc(N)n2C)cc1C. The second-order valence-corrected chi connectivity index (χ2v) is 4.66. The van der Waals surface area contributed by atoms with Crippen LogP contribution in [0.1, 0.15) is 28.1 Å². The monoisotopic (exact) mass is 229 g/mol. The van der Waals surface area contributed by atoms with Crippen molar-refractivity contribution in [3.63, 3.8) is 0 Å². The average Bonchev–Trinajstić information content (AvgIpc) is 2.50. The lowest BCUT2D eigenvalue weighted by molar-refractivity contribution is 0.852. The summed E-state index contributed by atoms with van der Waals surface area (Å²) in [6, 6.07) is 6.57. The molecule has 3 nitrogen and oxygen atoms in total. The summed E-state index contributed by atoms with van der Waals surface area (Å²) in [6.07, 6.45) is 0.883. The van der Waals surface area contributed by atoms with Crippen LogP contribution in [0, 0.1) is 20.8 Å². The second kappa shape index (κ2) is 4.24. The van der Waals surface area contributed by atoms with Gasteiger partial charge in [0.15, 0.2) is 5.95 Å². The molecule has 3 heteroatoms. The van der Waals surface area contributed by atoms with Gasteiger partial charge < -0.3 is 10.3 Å². The normalized spacial score (nSPS) is 10.8. The molecule has 0 aliphatic rings. The zero-order valence-corrected chi connectivity index (χ0v) is 10.9. The van der Waals surface area contributed by atoms with Gasteiger partial charge in [-0.3, -0.25) is 0 Å². The number of benzene rings is 1. The number of anilines is 1. The molecule has 1 heterocycles. The Morgan fingerprint density at radius 2 is 1.88 bits per heavy atom. The molecule has 2 aromatic rings. The Hall–Kier alpha value is -1.77. The van der Waals surface area contributed by atoms with E-state index in [4.69, 9.17) is 5.73 Å². The van der Waals surface area contributed by atoms with Crippen molar-refractivity contribution in [1.29, 1.82) is 0 Å². The Morgan fingerprint density at radius 1 is 1.18 bits per heavy atom. The van der Waals surface area contributed by atoms with Crippen molar-refractivity contribution in [3.05, 3.63) is 46.3 Å². The fourth-order valence-corrected chi connectivity index (χ4v) is 2.05. The van der Waals surface area contributed by atoms with E-state index in [0.29, 0.717) is 5.95 Å². The molecule has 0 bridgehead atoms. The van der Waals surface area contributed by atoms with Gasteiger partial charge in [-0.05, 0) is 37.5 Å². The summed E-state index contributed by atoms with van der Waals surface area (Å²) >= 11 is 0. The molecule has 0 atom stereocenters. The zero-order valence-electron chi connectivity index (χ0n) is 10.9. The molecule has 2 rings (SSSR count). The standard InChI is InChI=1S/C14H19N3/c1-9-5-6-12(7-10(9)2)8-13-11(3)16-14(15)17(13)4/h5-7H,8H2,1-4H3,(H2,15,16). The lowest BCUT2D eigenvalue weighted by Gasteiger charge is -2.07. The first-order valence-corrected chi connectivity index (χ1v) is 5.83. The molecule has 1 aromatic heterocycles. The topological polar surface area (TPSA) is 43.8 Å². The molecule has 0 aliphatic heterocycles. The van der Waals surface area contributed by atoms with Gasteiger partial charge in [-0.15, -0.1) is 0 Å². The summed E-state index contributed by atoms with van der Waals surface area (Å²) in [6.45, 7) is 6.28. The number of rotatable bonds is 2. The highest BCUT2D eigenvalue weighted by Crippen LogP contribution is 2.18. The Morgan fingerprint density at radius 3 is 2.41 bits per heavy atom. The van der Waals surface area contributed by atoms with Crippen LogP contribution >= 0.6 is 0 Å². The third kappa shape index (κ3) is 2.18. The highest BCUT2D eigenvalue weighted by Gasteiger charge is 2.09. The van der Waals surface area contributed by atoms with Crippen molar-refractivity contribution in [2.75, 3.05) is 5.73 Å². The first-order valence-electron chi connectivity index (χ1n) is 5.83. The fraction of sp³-hybridized carbons (Fsp3) is 0.357. The molecule has 0 radical (unpaired) electrons. The van der Waals surface area contributed by atoms with Crippen molar-refractivity contribution < 1.29 is 0 Å². The van der Waals surface area contributed by atoms with Crippen LogP contribution in [-0.4, -0.2) is 9.55 Å². The molecule has 0 saturated carbocycles. The van der Waals surface area contributed by atoms with E-state index < -0.39 is 0 Å². The molecular formula is C14H19N3. The number of nitrogens with zero attached hydrogens (tertiary/aromatic N) is 2. The van der Waals surface area contributed by atoms with E-state index in [1.807, 2.05) is 18.5 Å². The molecule has 0 aliphatic carbocycles. The Kier molecular flexibility index (Phi) is 2.92. The maximum absolute atomic E-state index is 5.80. The van der Waals surface area contributed by atoms with Crippen molar-refractivity contribution >= 4 is 5.95 Å². The largest absolute Gasteiger partial charge is 0.369 e. The van der Waals surface area contributed by atoms with Crippen molar-refractivity contribution in [2.24, 2.45) is 7.05 Å². The summed E-state index contributed by atoms with van der Waals surface area (Å²) in [5.74, 6) is 0.585. The number of hydrogen-bond acceptors (Lipinski definition) is 2. The molecule has 1 aromatic carbocycles. The summed E-state index contributed by atoms with van der Waals surface area (Å²) in [5.41, 5.74) is 12.0. The minimum atomic E-state index is 0.585. The first-order chi connectivity index (χ1) is 7.99.